The minimum Gasteiger partial charge on any atom is -0.406 e. The van der Waals surface area contributed by atoms with Crippen LogP contribution in [0.25, 0.3) is 0 Å². The number of hydrazine groups is 1. The summed E-state index contributed by atoms with van der Waals surface area (Å²) in [6.45, 7) is 0. The Hall–Kier alpha value is -2.92. The van der Waals surface area contributed by atoms with Gasteiger partial charge in [-0.2, -0.15) is 5.01 Å². The average Bonchev–Trinajstić information content (AvgIpc) is 2.79. The number of nitrogens with one attached hydrogen (secondary N) is 1. The average molecular weight is 386 g/mol. The number of amides is 2. The summed E-state index contributed by atoms with van der Waals surface area (Å²) in [7, 11) is -4.39. The molecule has 26 heavy (non-hydrogen) atoms. The first-order valence-electron chi connectivity index (χ1n) is 6.94. The van der Waals surface area contributed by atoms with E-state index in [1.54, 1.807) is 0 Å². The number of benzene rings is 2. The van der Waals surface area contributed by atoms with Crippen LogP contribution >= 0.6 is 0 Å². The van der Waals surface area contributed by atoms with Crippen molar-refractivity contribution in [2.24, 2.45) is 0 Å². The molecule has 2 amide bonds. The molecule has 0 bridgehead atoms. The van der Waals surface area contributed by atoms with Gasteiger partial charge in [-0.15, -0.1) is 18.0 Å². The van der Waals surface area contributed by atoms with Gasteiger partial charge in [0.15, 0.2) is 0 Å². The molecule has 1 heterocycles. The molecule has 2 aromatic carbocycles. The van der Waals surface area contributed by atoms with Crippen molar-refractivity contribution >= 4 is 21.8 Å². The third kappa shape index (κ3) is 3.39. The van der Waals surface area contributed by atoms with Crippen LogP contribution in [0.4, 0.5) is 13.2 Å². The highest BCUT2D eigenvalue weighted by molar-refractivity contribution is 7.89. The number of ether oxygens (including phenoxy) is 1. The molecule has 7 nitrogen and oxygen atoms in total. The highest BCUT2D eigenvalue weighted by Crippen LogP contribution is 2.25. The monoisotopic (exact) mass is 386 g/mol. The van der Waals surface area contributed by atoms with E-state index in [0.717, 1.165) is 24.3 Å². The Morgan fingerprint density at radius 2 is 1.38 bits per heavy atom. The summed E-state index contributed by atoms with van der Waals surface area (Å²) in [4.78, 5) is 25.7. The zero-order chi connectivity index (χ0) is 19.1. The Balaban J connectivity index is 1.82. The molecule has 2 aromatic rings. The maximum atomic E-state index is 12.3. The molecule has 1 aliphatic heterocycles. The van der Waals surface area contributed by atoms with Crippen LogP contribution in [0, 0.1) is 0 Å². The summed E-state index contributed by atoms with van der Waals surface area (Å²) in [6.07, 6.45) is -4.92. The maximum absolute atomic E-state index is 12.3. The Morgan fingerprint density at radius 3 is 1.85 bits per heavy atom. The van der Waals surface area contributed by atoms with Gasteiger partial charge in [0.1, 0.15) is 5.75 Å². The number of sulfonamides is 1. The number of alkyl halides is 3. The smallest absolute Gasteiger partial charge is 0.406 e. The number of hydrogen-bond donors (Lipinski definition) is 1. The van der Waals surface area contributed by atoms with Crippen LogP contribution in [0.5, 0.6) is 5.75 Å². The summed E-state index contributed by atoms with van der Waals surface area (Å²) < 4.78 is 64.6. The summed E-state index contributed by atoms with van der Waals surface area (Å²) >= 11 is 0. The van der Waals surface area contributed by atoms with Gasteiger partial charge in [0, 0.05) is 0 Å². The molecule has 0 aliphatic carbocycles. The van der Waals surface area contributed by atoms with E-state index in [1.807, 2.05) is 4.83 Å². The zero-order valence-corrected chi connectivity index (χ0v) is 13.5. The van der Waals surface area contributed by atoms with Crippen LogP contribution in [0.1, 0.15) is 20.7 Å². The molecule has 0 radical (unpaired) electrons. The third-order valence-electron chi connectivity index (χ3n) is 3.37. The Morgan fingerprint density at radius 1 is 0.885 bits per heavy atom. The first-order chi connectivity index (χ1) is 12.1. The first kappa shape index (κ1) is 17.9. The van der Waals surface area contributed by atoms with Crippen LogP contribution < -0.4 is 9.57 Å². The number of halogens is 3. The Bertz CT molecular complexity index is 952. The molecular weight excluding hydrogens is 377 g/mol. The van der Waals surface area contributed by atoms with Crippen LogP contribution in [0.15, 0.2) is 53.4 Å². The van der Waals surface area contributed by atoms with E-state index in [1.165, 1.54) is 24.3 Å². The number of carbonyl (C=O) groups excluding carboxylic acids is 2. The van der Waals surface area contributed by atoms with Gasteiger partial charge >= 0.3 is 6.36 Å². The molecule has 0 unspecified atom stereocenters. The second-order valence-corrected chi connectivity index (χ2v) is 6.77. The number of carbonyl (C=O) groups is 2. The fourth-order valence-electron chi connectivity index (χ4n) is 2.27. The van der Waals surface area contributed by atoms with Crippen molar-refractivity contribution in [3.63, 3.8) is 0 Å². The topological polar surface area (TPSA) is 92.8 Å². The van der Waals surface area contributed by atoms with E-state index in [9.17, 15) is 31.2 Å². The van der Waals surface area contributed by atoms with Crippen LogP contribution in [-0.2, 0) is 10.0 Å². The molecule has 0 saturated heterocycles. The minimum atomic E-state index is -4.92. The third-order valence-corrected chi connectivity index (χ3v) is 4.69. The number of rotatable bonds is 4. The molecule has 0 aromatic heterocycles. The van der Waals surface area contributed by atoms with Crippen molar-refractivity contribution in [2.75, 3.05) is 0 Å². The second-order valence-electron chi connectivity index (χ2n) is 5.11. The molecule has 0 spiro atoms. The highest BCUT2D eigenvalue weighted by atomic mass is 32.2. The molecule has 0 saturated carbocycles. The van der Waals surface area contributed by atoms with Crippen molar-refractivity contribution in [1.82, 2.24) is 9.84 Å². The molecule has 3 rings (SSSR count). The van der Waals surface area contributed by atoms with E-state index < -0.39 is 38.8 Å². The number of imide groups is 1. The molecule has 136 valence electrons. The van der Waals surface area contributed by atoms with Crippen molar-refractivity contribution in [3.8, 4) is 5.75 Å². The fourth-order valence-corrected chi connectivity index (χ4v) is 3.27. The second kappa shape index (κ2) is 6.11. The zero-order valence-electron chi connectivity index (χ0n) is 12.6. The molecule has 1 N–H and O–H groups in total. The Kier molecular flexibility index (Phi) is 4.20. The Labute approximate surface area is 145 Å². The lowest BCUT2D eigenvalue weighted by atomic mass is 10.1. The van der Waals surface area contributed by atoms with Gasteiger partial charge < -0.3 is 4.74 Å². The highest BCUT2D eigenvalue weighted by Gasteiger charge is 2.38. The van der Waals surface area contributed by atoms with Gasteiger partial charge in [-0.05, 0) is 36.4 Å². The van der Waals surface area contributed by atoms with E-state index in [0.29, 0.717) is 5.01 Å². The predicted molar refractivity (Wildman–Crippen MR) is 80.4 cm³/mol. The SMILES string of the molecule is O=C1c2ccccc2C(=O)N1NS(=O)(=O)c1ccc(OC(F)(F)F)cc1. The summed E-state index contributed by atoms with van der Waals surface area (Å²) in [5.41, 5.74) is 0.0725. The predicted octanol–water partition coefficient (Wildman–Crippen LogP) is 2.07. The van der Waals surface area contributed by atoms with Crippen molar-refractivity contribution in [1.29, 1.82) is 0 Å². The molecular formula is C15H9F3N2O5S. The molecule has 0 atom stereocenters. The first-order valence-corrected chi connectivity index (χ1v) is 8.43. The van der Waals surface area contributed by atoms with Crippen molar-refractivity contribution < 1.29 is 35.9 Å². The van der Waals surface area contributed by atoms with Gasteiger partial charge in [-0.3, -0.25) is 9.59 Å². The lowest BCUT2D eigenvalue weighted by molar-refractivity contribution is -0.274. The van der Waals surface area contributed by atoms with Gasteiger partial charge in [0.05, 0.1) is 16.0 Å². The largest absolute Gasteiger partial charge is 0.573 e. The van der Waals surface area contributed by atoms with E-state index in [-0.39, 0.29) is 11.1 Å². The quantitative estimate of drug-likeness (QED) is 0.813. The standard InChI is InChI=1S/C15H9F3N2O5S/c16-15(17,18)25-9-5-7-10(8-6-9)26(23,24)19-20-13(21)11-3-1-2-4-12(11)14(20)22/h1-8,19H. The van der Waals surface area contributed by atoms with Crippen molar-refractivity contribution in [3.05, 3.63) is 59.7 Å². The van der Waals surface area contributed by atoms with E-state index >= 15 is 0 Å². The maximum Gasteiger partial charge on any atom is 0.573 e. The molecule has 0 fully saturated rings. The van der Waals surface area contributed by atoms with Gasteiger partial charge in [0.2, 0.25) is 0 Å². The number of hydrogen-bond acceptors (Lipinski definition) is 5. The van der Waals surface area contributed by atoms with Crippen LogP contribution in [-0.4, -0.2) is 31.6 Å². The lowest BCUT2D eigenvalue weighted by Crippen LogP contribution is -2.45. The summed E-state index contributed by atoms with van der Waals surface area (Å²) in [5, 5.41) is 0.333. The number of nitrogens with zero attached hydrogens (tertiary/aromatic N) is 1. The summed E-state index contributed by atoms with van der Waals surface area (Å²) in [5.74, 6) is -2.32. The van der Waals surface area contributed by atoms with E-state index in [4.69, 9.17) is 0 Å². The molecule has 1 aliphatic rings. The number of fused-ring (bicyclic) bond motifs is 1. The van der Waals surface area contributed by atoms with Gasteiger partial charge in [0.25, 0.3) is 21.8 Å². The van der Waals surface area contributed by atoms with E-state index in [2.05, 4.69) is 4.74 Å². The van der Waals surface area contributed by atoms with Gasteiger partial charge in [-0.1, -0.05) is 12.1 Å². The fraction of sp³-hybridized carbons (Fsp3) is 0.0667. The van der Waals surface area contributed by atoms with Crippen molar-refractivity contribution in [2.45, 2.75) is 11.3 Å². The summed E-state index contributed by atoms with van der Waals surface area (Å²) in [6, 6.07) is 9.06. The van der Waals surface area contributed by atoms with Crippen LogP contribution in [0.2, 0.25) is 0 Å². The lowest BCUT2D eigenvalue weighted by Gasteiger charge is -2.15. The minimum absolute atomic E-state index is 0.0362. The van der Waals surface area contributed by atoms with Gasteiger partial charge in [-0.25, -0.2) is 8.42 Å². The van der Waals surface area contributed by atoms with Crippen LogP contribution in [0.3, 0.4) is 0 Å². The normalized spacial score (nSPS) is 14.5. The molecule has 11 heteroatoms.